The number of aromatic nitrogens is 4. The summed E-state index contributed by atoms with van der Waals surface area (Å²) >= 11 is 3.32. The van der Waals surface area contributed by atoms with Gasteiger partial charge in [-0.25, -0.2) is 4.98 Å². The highest BCUT2D eigenvalue weighted by Crippen LogP contribution is 2.16. The van der Waals surface area contributed by atoms with Crippen LogP contribution in [0.1, 0.15) is 29.3 Å². The van der Waals surface area contributed by atoms with E-state index in [4.69, 9.17) is 0 Å². The van der Waals surface area contributed by atoms with Crippen molar-refractivity contribution in [2.24, 2.45) is 0 Å². The molecule has 3 rings (SSSR count). The number of halogens is 1. The topological polar surface area (TPSA) is 72.2 Å². The van der Waals surface area contributed by atoms with Crippen LogP contribution in [0.4, 0.5) is 0 Å². The SMILES string of the molecule is CC(NC(=O)c1ncccc1Br)c1nnc2ccccn12. The highest BCUT2D eigenvalue weighted by molar-refractivity contribution is 9.10. The van der Waals surface area contributed by atoms with Gasteiger partial charge in [-0.1, -0.05) is 6.07 Å². The number of rotatable bonds is 3. The number of carbonyl (C=O) groups excluding carboxylic acids is 1. The van der Waals surface area contributed by atoms with E-state index in [1.165, 1.54) is 0 Å². The van der Waals surface area contributed by atoms with Crippen LogP contribution in [0.3, 0.4) is 0 Å². The van der Waals surface area contributed by atoms with Crippen molar-refractivity contribution in [3.05, 3.63) is 58.7 Å². The van der Waals surface area contributed by atoms with E-state index in [1.54, 1.807) is 18.3 Å². The number of nitrogens with zero attached hydrogens (tertiary/aromatic N) is 4. The number of nitrogens with one attached hydrogen (secondary N) is 1. The molecule has 106 valence electrons. The molecule has 0 saturated heterocycles. The van der Waals surface area contributed by atoms with Gasteiger partial charge >= 0.3 is 0 Å². The van der Waals surface area contributed by atoms with Gasteiger partial charge in [-0.05, 0) is 47.1 Å². The molecule has 1 atom stereocenters. The first-order valence-corrected chi connectivity index (χ1v) is 7.17. The molecule has 0 saturated carbocycles. The quantitative estimate of drug-likeness (QED) is 0.790. The van der Waals surface area contributed by atoms with Gasteiger partial charge in [-0.3, -0.25) is 9.20 Å². The molecule has 3 aromatic heterocycles. The summed E-state index contributed by atoms with van der Waals surface area (Å²) in [6, 6.07) is 8.89. The Morgan fingerprint density at radius 1 is 1.29 bits per heavy atom. The Kier molecular flexibility index (Phi) is 3.66. The Bertz CT molecular complexity index is 801. The molecule has 0 aliphatic rings. The van der Waals surface area contributed by atoms with E-state index < -0.39 is 0 Å². The second kappa shape index (κ2) is 5.61. The van der Waals surface area contributed by atoms with Crippen LogP contribution in [-0.2, 0) is 0 Å². The summed E-state index contributed by atoms with van der Waals surface area (Å²) in [5.74, 6) is 0.411. The van der Waals surface area contributed by atoms with E-state index in [0.29, 0.717) is 16.0 Å². The van der Waals surface area contributed by atoms with Crippen molar-refractivity contribution in [3.63, 3.8) is 0 Å². The van der Waals surface area contributed by atoms with E-state index >= 15 is 0 Å². The zero-order valence-electron chi connectivity index (χ0n) is 11.2. The third-order valence-corrected chi connectivity index (χ3v) is 3.69. The fraction of sp³-hybridized carbons (Fsp3) is 0.143. The van der Waals surface area contributed by atoms with E-state index in [0.717, 1.165) is 5.65 Å². The summed E-state index contributed by atoms with van der Waals surface area (Å²) in [5, 5.41) is 11.1. The fourth-order valence-electron chi connectivity index (χ4n) is 2.04. The second-order valence-corrected chi connectivity index (χ2v) is 5.37. The third kappa shape index (κ3) is 2.64. The Hall–Kier alpha value is -2.28. The molecule has 6 nitrogen and oxygen atoms in total. The molecule has 1 N–H and O–H groups in total. The molecule has 21 heavy (non-hydrogen) atoms. The highest BCUT2D eigenvalue weighted by atomic mass is 79.9. The second-order valence-electron chi connectivity index (χ2n) is 4.52. The van der Waals surface area contributed by atoms with E-state index in [1.807, 2.05) is 35.7 Å². The Morgan fingerprint density at radius 2 is 2.14 bits per heavy atom. The monoisotopic (exact) mass is 345 g/mol. The van der Waals surface area contributed by atoms with Gasteiger partial charge in [-0.2, -0.15) is 0 Å². The maximum Gasteiger partial charge on any atom is 0.271 e. The number of hydrogen-bond acceptors (Lipinski definition) is 4. The van der Waals surface area contributed by atoms with Gasteiger partial charge in [0.15, 0.2) is 11.5 Å². The van der Waals surface area contributed by atoms with Gasteiger partial charge in [0.1, 0.15) is 5.69 Å². The molecule has 3 heterocycles. The lowest BCUT2D eigenvalue weighted by atomic mass is 10.2. The van der Waals surface area contributed by atoms with Crippen LogP contribution in [-0.4, -0.2) is 25.5 Å². The van der Waals surface area contributed by atoms with Crippen LogP contribution in [0.25, 0.3) is 5.65 Å². The fourth-order valence-corrected chi connectivity index (χ4v) is 2.47. The number of pyridine rings is 2. The molecular formula is C14H12BrN5O. The Morgan fingerprint density at radius 3 is 2.95 bits per heavy atom. The summed E-state index contributed by atoms with van der Waals surface area (Å²) < 4.78 is 2.50. The van der Waals surface area contributed by atoms with Crippen molar-refractivity contribution in [2.45, 2.75) is 13.0 Å². The van der Waals surface area contributed by atoms with Crippen LogP contribution in [0.5, 0.6) is 0 Å². The summed E-state index contributed by atoms with van der Waals surface area (Å²) in [5.41, 5.74) is 1.09. The predicted molar refractivity (Wildman–Crippen MR) is 80.8 cm³/mol. The first-order valence-electron chi connectivity index (χ1n) is 6.38. The molecular weight excluding hydrogens is 334 g/mol. The molecule has 0 aliphatic heterocycles. The largest absolute Gasteiger partial charge is 0.341 e. The highest BCUT2D eigenvalue weighted by Gasteiger charge is 2.18. The lowest BCUT2D eigenvalue weighted by Crippen LogP contribution is -2.29. The summed E-state index contributed by atoms with van der Waals surface area (Å²) in [4.78, 5) is 16.3. The summed E-state index contributed by atoms with van der Waals surface area (Å²) in [6.07, 6.45) is 3.45. The minimum atomic E-state index is -0.288. The normalized spacial score (nSPS) is 12.3. The summed E-state index contributed by atoms with van der Waals surface area (Å²) in [6.45, 7) is 1.86. The van der Waals surface area contributed by atoms with Gasteiger partial charge in [0.2, 0.25) is 0 Å². The van der Waals surface area contributed by atoms with E-state index in [-0.39, 0.29) is 11.9 Å². The average Bonchev–Trinajstić information content (AvgIpc) is 2.91. The molecule has 7 heteroatoms. The maximum atomic E-state index is 12.2. The van der Waals surface area contributed by atoms with E-state index in [9.17, 15) is 4.79 Å². The standard InChI is InChI=1S/C14H12BrN5O/c1-9(13-19-18-11-6-2-3-8-20(11)13)17-14(21)12-10(15)5-4-7-16-12/h2-9H,1H3,(H,17,21). The van der Waals surface area contributed by atoms with Crippen molar-refractivity contribution in [3.8, 4) is 0 Å². The maximum absolute atomic E-state index is 12.2. The number of hydrogen-bond donors (Lipinski definition) is 1. The predicted octanol–water partition coefficient (Wildman–Crippen LogP) is 2.38. The summed E-state index contributed by atoms with van der Waals surface area (Å²) in [7, 11) is 0. The van der Waals surface area contributed by atoms with Crippen molar-refractivity contribution >= 4 is 27.5 Å². The van der Waals surface area contributed by atoms with Crippen LogP contribution >= 0.6 is 15.9 Å². The van der Waals surface area contributed by atoms with Gasteiger partial charge < -0.3 is 5.32 Å². The number of amides is 1. The molecule has 1 unspecified atom stereocenters. The Balaban J connectivity index is 1.85. The Labute approximate surface area is 129 Å². The lowest BCUT2D eigenvalue weighted by molar-refractivity contribution is 0.0932. The van der Waals surface area contributed by atoms with Crippen molar-refractivity contribution < 1.29 is 4.79 Å². The zero-order valence-corrected chi connectivity index (χ0v) is 12.8. The minimum absolute atomic E-state index is 0.261. The van der Waals surface area contributed by atoms with Gasteiger partial charge in [0.25, 0.3) is 5.91 Å². The van der Waals surface area contributed by atoms with Gasteiger partial charge in [0, 0.05) is 16.9 Å². The molecule has 1 amide bonds. The zero-order chi connectivity index (χ0) is 14.8. The minimum Gasteiger partial charge on any atom is -0.341 e. The smallest absolute Gasteiger partial charge is 0.271 e. The number of fused-ring (bicyclic) bond motifs is 1. The van der Waals surface area contributed by atoms with Gasteiger partial charge in [-0.15, -0.1) is 10.2 Å². The molecule has 0 aliphatic carbocycles. The van der Waals surface area contributed by atoms with Crippen LogP contribution in [0.15, 0.2) is 47.2 Å². The molecule has 3 aromatic rings. The number of carbonyl (C=O) groups is 1. The average molecular weight is 346 g/mol. The van der Waals surface area contributed by atoms with E-state index in [2.05, 4.69) is 36.4 Å². The van der Waals surface area contributed by atoms with Crippen LogP contribution in [0.2, 0.25) is 0 Å². The third-order valence-electron chi connectivity index (χ3n) is 3.05. The molecule has 0 bridgehead atoms. The molecule has 0 fully saturated rings. The molecule has 0 aromatic carbocycles. The molecule has 0 spiro atoms. The van der Waals surface area contributed by atoms with Crippen LogP contribution < -0.4 is 5.32 Å². The van der Waals surface area contributed by atoms with Crippen molar-refractivity contribution in [2.75, 3.05) is 0 Å². The van der Waals surface area contributed by atoms with Crippen molar-refractivity contribution in [1.29, 1.82) is 0 Å². The lowest BCUT2D eigenvalue weighted by Gasteiger charge is -2.12. The first-order chi connectivity index (χ1) is 10.2. The van der Waals surface area contributed by atoms with Crippen LogP contribution in [0, 0.1) is 0 Å². The van der Waals surface area contributed by atoms with Gasteiger partial charge in [0.05, 0.1) is 6.04 Å². The van der Waals surface area contributed by atoms with Crippen molar-refractivity contribution in [1.82, 2.24) is 24.9 Å². The first kappa shape index (κ1) is 13.7. The molecule has 0 radical (unpaired) electrons.